The van der Waals surface area contributed by atoms with Crippen LogP contribution in [0.2, 0.25) is 0 Å². The Labute approximate surface area is 210 Å². The fourth-order valence-electron chi connectivity index (χ4n) is 3.98. The molecule has 3 aromatic rings. The lowest BCUT2D eigenvalue weighted by atomic mass is 9.97. The summed E-state index contributed by atoms with van der Waals surface area (Å²) in [7, 11) is 2.90. The number of fused-ring (bicyclic) bond motifs is 1. The third kappa shape index (κ3) is 5.03. The Morgan fingerprint density at radius 2 is 1.76 bits per heavy atom. The number of anilines is 1. The van der Waals surface area contributed by atoms with Crippen molar-refractivity contribution >= 4 is 28.7 Å². The van der Waals surface area contributed by atoms with Gasteiger partial charge in [0, 0.05) is 18.1 Å². The molecule has 0 aromatic heterocycles. The van der Waals surface area contributed by atoms with Gasteiger partial charge < -0.3 is 14.2 Å². The van der Waals surface area contributed by atoms with Crippen molar-refractivity contribution in [1.82, 2.24) is 0 Å². The molecule has 1 aliphatic heterocycles. The summed E-state index contributed by atoms with van der Waals surface area (Å²) in [4.78, 5) is 33.9. The third-order valence-electron chi connectivity index (χ3n) is 5.84. The number of benzene rings is 3. The predicted molar refractivity (Wildman–Crippen MR) is 133 cm³/mol. The minimum Gasteiger partial charge on any atom is -0.493 e. The van der Waals surface area contributed by atoms with Crippen LogP contribution in [0.25, 0.3) is 0 Å². The van der Waals surface area contributed by atoms with Gasteiger partial charge in [0.05, 0.1) is 35.8 Å². The van der Waals surface area contributed by atoms with Crippen molar-refractivity contribution < 1.29 is 28.9 Å². The van der Waals surface area contributed by atoms with Gasteiger partial charge in [0.1, 0.15) is 17.4 Å². The van der Waals surface area contributed by atoms with Crippen LogP contribution in [-0.2, 0) is 4.74 Å². The first-order valence-corrected chi connectivity index (χ1v) is 11.0. The fourth-order valence-corrected chi connectivity index (χ4v) is 3.98. The number of carbonyl (C=O) groups excluding carboxylic acids is 1. The molecule has 1 aliphatic rings. The van der Waals surface area contributed by atoms with Gasteiger partial charge in [-0.2, -0.15) is 5.10 Å². The van der Waals surface area contributed by atoms with Crippen molar-refractivity contribution in [3.05, 3.63) is 97.1 Å². The molecule has 1 unspecified atom stereocenters. The molecule has 190 valence electrons. The lowest BCUT2D eigenvalue weighted by molar-refractivity contribution is -0.393. The van der Waals surface area contributed by atoms with Gasteiger partial charge in [-0.3, -0.25) is 25.7 Å². The number of hydrogen-bond acceptors (Lipinski definition) is 10. The summed E-state index contributed by atoms with van der Waals surface area (Å²) in [6.45, 7) is 1.92. The van der Waals surface area contributed by atoms with E-state index in [4.69, 9.17) is 14.2 Å². The second-order valence-corrected chi connectivity index (χ2v) is 8.12. The number of nitrogens with one attached hydrogen (secondary N) is 1. The summed E-state index contributed by atoms with van der Waals surface area (Å²) in [5, 5.41) is 27.0. The molecule has 0 saturated heterocycles. The van der Waals surface area contributed by atoms with Crippen LogP contribution in [0.1, 0.15) is 39.6 Å². The Kier molecular flexibility index (Phi) is 7.00. The van der Waals surface area contributed by atoms with Crippen LogP contribution in [0.5, 0.6) is 11.5 Å². The number of nitrogens with zero attached hydrogens (tertiary/aromatic N) is 3. The number of esters is 1. The van der Waals surface area contributed by atoms with Gasteiger partial charge >= 0.3 is 11.7 Å². The highest BCUT2D eigenvalue weighted by Gasteiger charge is 2.36. The van der Waals surface area contributed by atoms with E-state index in [-0.39, 0.29) is 23.4 Å². The molecular formula is C25H22N4O8. The van der Waals surface area contributed by atoms with E-state index >= 15 is 0 Å². The molecule has 1 heterocycles. The van der Waals surface area contributed by atoms with E-state index < -0.39 is 33.3 Å². The van der Waals surface area contributed by atoms with Gasteiger partial charge in [-0.25, -0.2) is 4.79 Å². The molecule has 0 fully saturated rings. The normalized spacial score (nSPS) is 14.5. The summed E-state index contributed by atoms with van der Waals surface area (Å²) in [5.74, 6) is 0.0809. The van der Waals surface area contributed by atoms with E-state index in [0.717, 1.165) is 17.7 Å². The van der Waals surface area contributed by atoms with E-state index in [2.05, 4.69) is 10.5 Å². The van der Waals surface area contributed by atoms with Crippen molar-refractivity contribution in [3.63, 3.8) is 0 Å². The van der Waals surface area contributed by atoms with Gasteiger partial charge in [-0.05, 0) is 24.6 Å². The summed E-state index contributed by atoms with van der Waals surface area (Å²) in [6.07, 6.45) is -0.582. The zero-order valence-corrected chi connectivity index (χ0v) is 20.1. The molecule has 0 spiro atoms. The number of rotatable bonds is 9. The van der Waals surface area contributed by atoms with Crippen LogP contribution < -0.4 is 14.9 Å². The van der Waals surface area contributed by atoms with Crippen molar-refractivity contribution in [3.8, 4) is 11.5 Å². The maximum atomic E-state index is 12.7. The van der Waals surface area contributed by atoms with Gasteiger partial charge in [0.2, 0.25) is 0 Å². The lowest BCUT2D eigenvalue weighted by Crippen LogP contribution is -2.11. The number of nitro benzene ring substituents is 2. The number of methoxy groups -OCH3 is 2. The maximum Gasteiger partial charge on any atom is 0.343 e. The van der Waals surface area contributed by atoms with Crippen molar-refractivity contribution in [1.29, 1.82) is 0 Å². The first-order valence-electron chi connectivity index (χ1n) is 11.0. The SMILES string of the molecule is COc1ccc2c(c1OC)C(=O)OC2CC(=NNc1ccc([N+](=O)[O-])cc1[N+](=O)[O-])c1ccc(C)cc1. The zero-order chi connectivity index (χ0) is 26.7. The number of non-ortho nitro benzene ring substituents is 1. The molecule has 0 saturated carbocycles. The van der Waals surface area contributed by atoms with E-state index in [1.807, 2.05) is 31.2 Å². The number of nitro groups is 2. The molecule has 4 rings (SSSR count). The maximum absolute atomic E-state index is 12.7. The summed E-state index contributed by atoms with van der Waals surface area (Å²) in [5.41, 5.74) is 4.69. The van der Waals surface area contributed by atoms with Gasteiger partial charge in [0.15, 0.2) is 11.5 Å². The number of aryl methyl sites for hydroxylation is 1. The minimum atomic E-state index is -0.731. The third-order valence-corrected chi connectivity index (χ3v) is 5.84. The Balaban J connectivity index is 1.73. The lowest BCUT2D eigenvalue weighted by Gasteiger charge is -2.15. The first-order chi connectivity index (χ1) is 17.7. The Hall–Kier alpha value is -5.00. The number of carbonyl (C=O) groups is 1. The quantitative estimate of drug-likeness (QED) is 0.184. The van der Waals surface area contributed by atoms with Gasteiger partial charge in [-0.15, -0.1) is 0 Å². The average molecular weight is 506 g/mol. The van der Waals surface area contributed by atoms with Crippen LogP contribution in [-0.4, -0.2) is 35.7 Å². The molecule has 12 heteroatoms. The minimum absolute atomic E-state index is 0.0320. The number of hydrogen-bond donors (Lipinski definition) is 1. The molecule has 37 heavy (non-hydrogen) atoms. The summed E-state index contributed by atoms with van der Waals surface area (Å²) in [6, 6.07) is 14.0. The van der Waals surface area contributed by atoms with Crippen LogP contribution in [0.4, 0.5) is 17.1 Å². The van der Waals surface area contributed by atoms with Gasteiger partial charge in [0.25, 0.3) is 5.69 Å². The topological polar surface area (TPSA) is 155 Å². The second-order valence-electron chi connectivity index (χ2n) is 8.12. The largest absolute Gasteiger partial charge is 0.493 e. The van der Waals surface area contributed by atoms with Crippen LogP contribution in [0.3, 0.4) is 0 Å². The van der Waals surface area contributed by atoms with E-state index in [0.29, 0.717) is 22.6 Å². The average Bonchev–Trinajstić information content (AvgIpc) is 3.21. The molecule has 1 N–H and O–H groups in total. The van der Waals surface area contributed by atoms with Crippen LogP contribution >= 0.6 is 0 Å². The monoisotopic (exact) mass is 506 g/mol. The molecular weight excluding hydrogens is 484 g/mol. The Morgan fingerprint density at radius 1 is 1.03 bits per heavy atom. The highest BCUT2D eigenvalue weighted by molar-refractivity contribution is 6.03. The van der Waals surface area contributed by atoms with Crippen LogP contribution in [0.15, 0.2) is 59.7 Å². The smallest absolute Gasteiger partial charge is 0.343 e. The highest BCUT2D eigenvalue weighted by atomic mass is 16.6. The van der Waals surface area contributed by atoms with E-state index in [9.17, 15) is 25.0 Å². The number of cyclic esters (lactones) is 1. The summed E-state index contributed by atoms with van der Waals surface area (Å²) >= 11 is 0. The zero-order valence-electron chi connectivity index (χ0n) is 20.1. The van der Waals surface area contributed by atoms with Gasteiger partial charge in [-0.1, -0.05) is 35.9 Å². The molecule has 0 aliphatic carbocycles. The fraction of sp³-hybridized carbons (Fsp3) is 0.200. The van der Waals surface area contributed by atoms with Crippen molar-refractivity contribution in [2.45, 2.75) is 19.4 Å². The molecule has 3 aromatic carbocycles. The van der Waals surface area contributed by atoms with E-state index in [1.54, 1.807) is 12.1 Å². The Morgan fingerprint density at radius 3 is 2.38 bits per heavy atom. The second kappa shape index (κ2) is 10.3. The standard InChI is InChI=1S/C25H22N4O8/c1-14-4-6-15(7-5-14)19(27-26-18-10-8-16(28(31)32)12-20(18)29(33)34)13-22-17-9-11-21(35-2)24(36-3)23(17)25(30)37-22/h4-12,22,26H,13H2,1-3H3. The molecule has 0 amide bonds. The molecule has 12 nitrogen and oxygen atoms in total. The van der Waals surface area contributed by atoms with Crippen molar-refractivity contribution in [2.75, 3.05) is 19.6 Å². The highest BCUT2D eigenvalue weighted by Crippen LogP contribution is 2.43. The Bertz CT molecular complexity index is 1420. The van der Waals surface area contributed by atoms with Crippen molar-refractivity contribution in [2.24, 2.45) is 5.10 Å². The molecule has 0 bridgehead atoms. The predicted octanol–water partition coefficient (Wildman–Crippen LogP) is 4.95. The van der Waals surface area contributed by atoms with Crippen LogP contribution in [0, 0.1) is 27.2 Å². The molecule has 1 atom stereocenters. The first kappa shape index (κ1) is 25.1. The number of hydrazone groups is 1. The summed E-state index contributed by atoms with van der Waals surface area (Å²) < 4.78 is 16.3. The number of ether oxygens (including phenoxy) is 3. The molecule has 0 radical (unpaired) electrons. The van der Waals surface area contributed by atoms with E-state index in [1.165, 1.54) is 20.3 Å².